The zero-order valence-corrected chi connectivity index (χ0v) is 21.9. The van der Waals surface area contributed by atoms with Crippen molar-refractivity contribution in [2.45, 2.75) is 50.5 Å². The number of nitrogens with one attached hydrogen (secondary N) is 1. The third-order valence-electron chi connectivity index (χ3n) is 7.31. The molecule has 11 nitrogen and oxygen atoms in total. The summed E-state index contributed by atoms with van der Waals surface area (Å²) >= 11 is 0. The topological polar surface area (TPSA) is 147 Å². The number of hydrogen-bond donors (Lipinski definition) is 4. The second-order valence-corrected chi connectivity index (χ2v) is 9.66. The number of carbonyl (C=O) groups excluding carboxylic acids is 2. The largest absolute Gasteiger partial charge is 0.493 e. The Bertz CT molecular complexity index is 1020. The van der Waals surface area contributed by atoms with Crippen LogP contribution in [-0.2, 0) is 25.7 Å². The van der Waals surface area contributed by atoms with Crippen molar-refractivity contribution in [3.8, 4) is 11.5 Å². The van der Waals surface area contributed by atoms with Gasteiger partial charge in [0.1, 0.15) is 12.2 Å². The van der Waals surface area contributed by atoms with Crippen molar-refractivity contribution in [1.82, 2.24) is 10.2 Å². The first kappa shape index (κ1) is 28.3. The molecule has 0 radical (unpaired) electrons. The minimum absolute atomic E-state index is 0.0465. The van der Waals surface area contributed by atoms with Gasteiger partial charge in [0.2, 0.25) is 11.8 Å². The fourth-order valence-electron chi connectivity index (χ4n) is 5.47. The lowest BCUT2D eigenvalue weighted by Crippen LogP contribution is -2.57. The zero-order chi connectivity index (χ0) is 27.2. The molecule has 1 aromatic carbocycles. The van der Waals surface area contributed by atoms with Gasteiger partial charge in [-0.25, -0.2) is 0 Å². The van der Waals surface area contributed by atoms with Gasteiger partial charge in [-0.1, -0.05) is 0 Å². The van der Waals surface area contributed by atoms with Gasteiger partial charge in [0.05, 0.1) is 44.8 Å². The summed E-state index contributed by atoms with van der Waals surface area (Å²) in [4.78, 5) is 28.6. The molecule has 3 aliphatic rings. The lowest BCUT2D eigenvalue weighted by molar-refractivity contribution is -0.141. The summed E-state index contributed by atoms with van der Waals surface area (Å²) in [6.45, 7) is 3.60. The van der Waals surface area contributed by atoms with E-state index in [9.17, 15) is 24.9 Å². The Balaban J connectivity index is 1.75. The summed E-state index contributed by atoms with van der Waals surface area (Å²) in [6, 6.07) is 2.56. The maximum absolute atomic E-state index is 13.6. The van der Waals surface area contributed by atoms with Crippen molar-refractivity contribution in [2.24, 2.45) is 5.92 Å². The number of rotatable bonds is 12. The Hall–Kier alpha value is -2.70. The number of methoxy groups -OCH3 is 1. The number of benzene rings is 1. The molecule has 0 aromatic heterocycles. The summed E-state index contributed by atoms with van der Waals surface area (Å²) in [5.74, 6) is -0.803. The number of carbonyl (C=O) groups is 2. The number of nitrogens with zero attached hydrogens (tertiary/aromatic N) is 1. The maximum Gasteiger partial charge on any atom is 0.247 e. The van der Waals surface area contributed by atoms with Gasteiger partial charge < -0.3 is 44.5 Å². The van der Waals surface area contributed by atoms with Gasteiger partial charge in [0.25, 0.3) is 0 Å². The molecule has 2 heterocycles. The highest BCUT2D eigenvalue weighted by molar-refractivity contribution is 5.96. The number of fused-ring (bicyclic) bond motifs is 3. The van der Waals surface area contributed by atoms with Crippen LogP contribution >= 0.6 is 0 Å². The molecule has 2 amide bonds. The van der Waals surface area contributed by atoms with E-state index in [1.165, 1.54) is 7.11 Å². The van der Waals surface area contributed by atoms with Crippen LogP contribution in [-0.4, -0.2) is 104 Å². The number of hydrogen-bond acceptors (Lipinski definition) is 9. The highest BCUT2D eigenvalue weighted by atomic mass is 16.5. The van der Waals surface area contributed by atoms with Gasteiger partial charge >= 0.3 is 0 Å². The van der Waals surface area contributed by atoms with E-state index in [0.29, 0.717) is 74.0 Å². The molecule has 2 aliphatic heterocycles. The molecule has 0 spiro atoms. The molecular weight excluding hydrogens is 496 g/mol. The van der Waals surface area contributed by atoms with Crippen molar-refractivity contribution in [2.75, 3.05) is 53.2 Å². The number of aliphatic hydroxyl groups is 3. The first-order valence-corrected chi connectivity index (χ1v) is 13.2. The highest BCUT2D eigenvalue weighted by Gasteiger charge is 2.51. The van der Waals surface area contributed by atoms with Crippen LogP contribution in [0.4, 0.5) is 0 Å². The minimum Gasteiger partial charge on any atom is -0.493 e. The smallest absolute Gasteiger partial charge is 0.247 e. The van der Waals surface area contributed by atoms with Crippen molar-refractivity contribution < 1.29 is 43.9 Å². The first-order valence-electron chi connectivity index (χ1n) is 13.2. The summed E-state index contributed by atoms with van der Waals surface area (Å²) in [7, 11) is 1.48. The Kier molecular flexibility index (Phi) is 9.61. The average molecular weight is 535 g/mol. The van der Waals surface area contributed by atoms with Crippen molar-refractivity contribution in [3.05, 3.63) is 34.9 Å². The van der Waals surface area contributed by atoms with Crippen LogP contribution in [0.5, 0.6) is 11.5 Å². The maximum atomic E-state index is 13.6. The van der Waals surface area contributed by atoms with Gasteiger partial charge in [0, 0.05) is 44.0 Å². The van der Waals surface area contributed by atoms with Gasteiger partial charge in [-0.2, -0.15) is 0 Å². The predicted octanol–water partition coefficient (Wildman–Crippen LogP) is 0.102. The standard InChI is InChI=1S/C27H38N2O9/c1-3-36-9-4-7-29(27(34)17-5-10-37-15-17)20-13-19(26(33)28-6-8-30)22-18-11-16(14-31)12-21(35-2)24(18)38-25(22)23(20)32/h11-13,17,20,22-23,25,30-32H,3-10,14-15H2,1-2H3,(H,28,33). The summed E-state index contributed by atoms with van der Waals surface area (Å²) < 4.78 is 22.7. The van der Waals surface area contributed by atoms with E-state index in [1.54, 1.807) is 23.1 Å². The van der Waals surface area contributed by atoms with Crippen LogP contribution in [0.25, 0.3) is 0 Å². The Labute approximate surface area is 222 Å². The van der Waals surface area contributed by atoms with Crippen LogP contribution in [0.15, 0.2) is 23.8 Å². The molecule has 38 heavy (non-hydrogen) atoms. The van der Waals surface area contributed by atoms with Crippen molar-refractivity contribution in [1.29, 1.82) is 0 Å². The highest BCUT2D eigenvalue weighted by Crippen LogP contribution is 2.51. The molecule has 1 aliphatic carbocycles. The molecule has 210 valence electrons. The zero-order valence-electron chi connectivity index (χ0n) is 21.9. The van der Waals surface area contributed by atoms with Gasteiger partial charge in [0.15, 0.2) is 11.5 Å². The third kappa shape index (κ3) is 5.67. The Morgan fingerprint density at radius 1 is 1.26 bits per heavy atom. The van der Waals surface area contributed by atoms with E-state index in [4.69, 9.17) is 18.9 Å². The number of aliphatic hydroxyl groups excluding tert-OH is 3. The van der Waals surface area contributed by atoms with Crippen LogP contribution in [0.1, 0.15) is 36.8 Å². The molecule has 0 bridgehead atoms. The fourth-order valence-corrected chi connectivity index (χ4v) is 5.47. The molecule has 1 saturated heterocycles. The molecule has 5 unspecified atom stereocenters. The third-order valence-corrected chi connectivity index (χ3v) is 7.31. The second-order valence-electron chi connectivity index (χ2n) is 9.66. The average Bonchev–Trinajstić information content (AvgIpc) is 3.61. The summed E-state index contributed by atoms with van der Waals surface area (Å²) in [5, 5.41) is 33.4. The van der Waals surface area contributed by atoms with Crippen molar-refractivity contribution in [3.63, 3.8) is 0 Å². The van der Waals surface area contributed by atoms with Crippen molar-refractivity contribution >= 4 is 11.8 Å². The summed E-state index contributed by atoms with van der Waals surface area (Å²) in [5.41, 5.74) is 1.50. The molecular formula is C27H38N2O9. The number of ether oxygens (including phenoxy) is 4. The minimum atomic E-state index is -1.15. The SMILES string of the molecule is CCOCCCN(C(=O)C1CCOC1)C1C=C(C(=O)NCCO)C2c3cc(CO)cc(OC)c3OC2C1O. The molecule has 11 heteroatoms. The van der Waals surface area contributed by atoms with E-state index in [0.717, 1.165) is 0 Å². The van der Waals surface area contributed by atoms with Crippen LogP contribution < -0.4 is 14.8 Å². The normalized spacial score (nSPS) is 25.7. The second kappa shape index (κ2) is 12.9. The van der Waals surface area contributed by atoms with E-state index < -0.39 is 30.1 Å². The van der Waals surface area contributed by atoms with E-state index in [-0.39, 0.29) is 31.6 Å². The Morgan fingerprint density at radius 3 is 2.74 bits per heavy atom. The monoisotopic (exact) mass is 534 g/mol. The van der Waals surface area contributed by atoms with E-state index >= 15 is 0 Å². The van der Waals surface area contributed by atoms with E-state index in [2.05, 4.69) is 5.32 Å². The van der Waals surface area contributed by atoms with Gasteiger partial charge in [-0.05, 0) is 43.5 Å². The quantitative estimate of drug-likeness (QED) is 0.274. The fraction of sp³-hybridized carbons (Fsp3) is 0.630. The molecule has 1 aromatic rings. The van der Waals surface area contributed by atoms with E-state index in [1.807, 2.05) is 6.92 Å². The van der Waals surface area contributed by atoms with Gasteiger partial charge in [-0.3, -0.25) is 9.59 Å². The predicted molar refractivity (Wildman–Crippen MR) is 136 cm³/mol. The molecule has 4 N–H and O–H groups in total. The Morgan fingerprint density at radius 2 is 2.08 bits per heavy atom. The van der Waals surface area contributed by atoms with Gasteiger partial charge in [-0.15, -0.1) is 0 Å². The molecule has 5 atom stereocenters. The molecule has 4 rings (SSSR count). The first-order chi connectivity index (χ1) is 18.4. The lowest BCUT2D eigenvalue weighted by atomic mass is 9.77. The van der Waals surface area contributed by atoms with Crippen LogP contribution in [0, 0.1) is 5.92 Å². The number of amides is 2. The van der Waals surface area contributed by atoms with Crippen LogP contribution in [0.2, 0.25) is 0 Å². The lowest BCUT2D eigenvalue weighted by Gasteiger charge is -2.41. The molecule has 0 saturated carbocycles. The van der Waals surface area contributed by atoms with Crippen LogP contribution in [0.3, 0.4) is 0 Å². The molecule has 1 fully saturated rings. The summed E-state index contributed by atoms with van der Waals surface area (Å²) in [6.07, 6.45) is 0.761.